The average Bonchev–Trinajstić information content (AvgIpc) is 2.35. The Hall–Kier alpha value is -1.18. The minimum absolute atomic E-state index is 0.707. The Morgan fingerprint density at radius 1 is 1.35 bits per heavy atom. The minimum atomic E-state index is 0.707. The van der Waals surface area contributed by atoms with Gasteiger partial charge in [0.05, 0.1) is 0 Å². The molecular weight excluding hydrogens is 208 g/mol. The maximum absolute atomic E-state index is 3.51. The summed E-state index contributed by atoms with van der Waals surface area (Å²) in [5.74, 6) is 0.707. The van der Waals surface area contributed by atoms with E-state index >= 15 is 0 Å². The Bertz CT molecular complexity index is 371. The number of hydrogen-bond acceptors (Lipinski definition) is 2. The van der Waals surface area contributed by atoms with Crippen molar-refractivity contribution in [3.8, 4) is 0 Å². The first-order valence-corrected chi connectivity index (χ1v) is 6.82. The molecule has 2 rings (SSSR count). The van der Waals surface area contributed by atoms with Gasteiger partial charge in [-0.3, -0.25) is 0 Å². The lowest BCUT2D eigenvalue weighted by Crippen LogP contribution is -2.27. The monoisotopic (exact) mass is 232 g/mol. The van der Waals surface area contributed by atoms with E-state index in [-0.39, 0.29) is 0 Å². The first-order valence-electron chi connectivity index (χ1n) is 6.82. The van der Waals surface area contributed by atoms with Gasteiger partial charge in [-0.1, -0.05) is 19.9 Å². The van der Waals surface area contributed by atoms with Gasteiger partial charge in [-0.2, -0.15) is 0 Å². The van der Waals surface area contributed by atoms with E-state index in [0.717, 1.165) is 19.6 Å². The van der Waals surface area contributed by atoms with Crippen LogP contribution < -0.4 is 10.2 Å². The molecule has 94 valence electrons. The number of fused-ring (bicyclic) bond motifs is 1. The van der Waals surface area contributed by atoms with Crippen LogP contribution in [0.25, 0.3) is 0 Å². The van der Waals surface area contributed by atoms with Crippen molar-refractivity contribution in [3.05, 3.63) is 23.8 Å². The molecule has 0 saturated carbocycles. The Kier molecular flexibility index (Phi) is 3.93. The molecule has 17 heavy (non-hydrogen) atoms. The molecule has 0 spiro atoms. The third-order valence-electron chi connectivity index (χ3n) is 3.36. The molecule has 1 aliphatic heterocycles. The van der Waals surface area contributed by atoms with Crippen LogP contribution in [0.3, 0.4) is 0 Å². The lowest BCUT2D eigenvalue weighted by Gasteiger charge is -2.27. The van der Waals surface area contributed by atoms with Crippen molar-refractivity contribution in [2.75, 3.05) is 29.9 Å². The third-order valence-corrected chi connectivity index (χ3v) is 3.36. The first-order chi connectivity index (χ1) is 8.20. The van der Waals surface area contributed by atoms with Gasteiger partial charge < -0.3 is 10.2 Å². The number of nitrogens with zero attached hydrogens (tertiary/aromatic N) is 1. The zero-order valence-corrected chi connectivity index (χ0v) is 11.3. The molecule has 0 unspecified atom stereocenters. The van der Waals surface area contributed by atoms with Crippen LogP contribution in [0.5, 0.6) is 0 Å². The molecule has 0 atom stereocenters. The van der Waals surface area contributed by atoms with Crippen molar-refractivity contribution in [2.45, 2.75) is 33.6 Å². The predicted molar refractivity (Wildman–Crippen MR) is 76.0 cm³/mol. The normalized spacial score (nSPS) is 14.4. The predicted octanol–water partition coefficient (Wildman–Crippen LogP) is 3.53. The molecule has 1 heterocycles. The van der Waals surface area contributed by atoms with Crippen LogP contribution in [0.4, 0.5) is 11.4 Å². The molecule has 1 aromatic rings. The average molecular weight is 232 g/mol. The molecular formula is C15H24N2. The van der Waals surface area contributed by atoms with Crippen LogP contribution in [0.2, 0.25) is 0 Å². The van der Waals surface area contributed by atoms with Crippen molar-refractivity contribution in [1.82, 2.24) is 0 Å². The van der Waals surface area contributed by atoms with E-state index in [1.807, 2.05) is 0 Å². The summed E-state index contributed by atoms with van der Waals surface area (Å²) in [6.07, 6.45) is 2.48. The molecule has 0 amide bonds. The zero-order chi connectivity index (χ0) is 12.3. The molecule has 0 saturated heterocycles. The Morgan fingerprint density at radius 2 is 2.18 bits per heavy atom. The van der Waals surface area contributed by atoms with Gasteiger partial charge in [0.1, 0.15) is 0 Å². The van der Waals surface area contributed by atoms with Crippen molar-refractivity contribution in [1.29, 1.82) is 0 Å². The van der Waals surface area contributed by atoms with Crippen LogP contribution >= 0.6 is 0 Å². The highest BCUT2D eigenvalue weighted by atomic mass is 15.1. The number of anilines is 2. The van der Waals surface area contributed by atoms with Gasteiger partial charge in [-0.05, 0) is 43.4 Å². The fourth-order valence-electron chi connectivity index (χ4n) is 2.50. The minimum Gasteiger partial charge on any atom is -0.385 e. The van der Waals surface area contributed by atoms with E-state index in [0.29, 0.717) is 5.92 Å². The zero-order valence-electron chi connectivity index (χ0n) is 11.3. The number of hydrogen-bond donors (Lipinski definition) is 1. The largest absolute Gasteiger partial charge is 0.385 e. The Morgan fingerprint density at radius 3 is 2.88 bits per heavy atom. The van der Waals surface area contributed by atoms with E-state index in [4.69, 9.17) is 0 Å². The van der Waals surface area contributed by atoms with Crippen molar-refractivity contribution >= 4 is 11.4 Å². The summed E-state index contributed by atoms with van der Waals surface area (Å²) in [6.45, 7) is 10.1. The van der Waals surface area contributed by atoms with Gasteiger partial charge in [-0.15, -0.1) is 0 Å². The summed E-state index contributed by atoms with van der Waals surface area (Å²) in [6, 6.07) is 6.89. The third kappa shape index (κ3) is 2.93. The number of benzene rings is 1. The summed E-state index contributed by atoms with van der Waals surface area (Å²) in [4.78, 5) is 2.46. The molecule has 0 aliphatic carbocycles. The van der Waals surface area contributed by atoms with E-state index in [1.54, 1.807) is 0 Å². The van der Waals surface area contributed by atoms with E-state index in [2.05, 4.69) is 49.2 Å². The highest BCUT2D eigenvalue weighted by Gasteiger charge is 2.12. The quantitative estimate of drug-likeness (QED) is 0.854. The molecule has 0 aromatic heterocycles. The van der Waals surface area contributed by atoms with Crippen LogP contribution in [0.15, 0.2) is 18.2 Å². The van der Waals surface area contributed by atoms with Crippen molar-refractivity contribution in [2.24, 2.45) is 5.92 Å². The van der Waals surface area contributed by atoms with E-state index in [1.165, 1.54) is 29.8 Å². The summed E-state index contributed by atoms with van der Waals surface area (Å²) in [5, 5.41) is 3.51. The highest BCUT2D eigenvalue weighted by molar-refractivity contribution is 5.63. The second kappa shape index (κ2) is 5.44. The number of nitrogens with one attached hydrogen (secondary N) is 1. The Balaban J connectivity index is 2.19. The summed E-state index contributed by atoms with van der Waals surface area (Å²) in [5.41, 5.74) is 4.17. The molecule has 0 bridgehead atoms. The Labute approximate surface area is 105 Å². The van der Waals surface area contributed by atoms with Gasteiger partial charge in [-0.25, -0.2) is 0 Å². The summed E-state index contributed by atoms with van der Waals surface area (Å²) < 4.78 is 0. The molecule has 0 radical (unpaired) electrons. The van der Waals surface area contributed by atoms with Gasteiger partial charge in [0.2, 0.25) is 0 Å². The summed E-state index contributed by atoms with van der Waals surface area (Å²) in [7, 11) is 0. The standard InChI is InChI=1S/C15H24N2/c1-4-17(11-12(2)3)14-8-7-13-6-5-9-16-15(13)10-14/h7-8,10,12,16H,4-6,9,11H2,1-3H3. The fraction of sp³-hybridized carbons (Fsp3) is 0.600. The molecule has 2 nitrogen and oxygen atoms in total. The number of rotatable bonds is 4. The lowest BCUT2D eigenvalue weighted by molar-refractivity contribution is 0.618. The van der Waals surface area contributed by atoms with Crippen molar-refractivity contribution in [3.63, 3.8) is 0 Å². The SMILES string of the molecule is CCN(CC(C)C)c1ccc2c(c1)NCCC2. The van der Waals surface area contributed by atoms with Gasteiger partial charge in [0, 0.05) is 31.0 Å². The van der Waals surface area contributed by atoms with Gasteiger partial charge in [0.15, 0.2) is 0 Å². The second-order valence-electron chi connectivity index (χ2n) is 5.30. The maximum atomic E-state index is 3.51. The lowest BCUT2D eigenvalue weighted by atomic mass is 10.0. The van der Waals surface area contributed by atoms with E-state index in [9.17, 15) is 0 Å². The van der Waals surface area contributed by atoms with Gasteiger partial charge >= 0.3 is 0 Å². The van der Waals surface area contributed by atoms with Crippen LogP contribution in [0, 0.1) is 5.92 Å². The first kappa shape index (κ1) is 12.3. The van der Waals surface area contributed by atoms with Crippen LogP contribution in [0.1, 0.15) is 32.8 Å². The highest BCUT2D eigenvalue weighted by Crippen LogP contribution is 2.27. The van der Waals surface area contributed by atoms with Gasteiger partial charge in [0.25, 0.3) is 0 Å². The van der Waals surface area contributed by atoms with Crippen molar-refractivity contribution < 1.29 is 0 Å². The number of aryl methyl sites for hydroxylation is 1. The van der Waals surface area contributed by atoms with Crippen LogP contribution in [-0.2, 0) is 6.42 Å². The molecule has 0 fully saturated rings. The smallest absolute Gasteiger partial charge is 0.0393 e. The molecule has 1 N–H and O–H groups in total. The molecule has 1 aliphatic rings. The van der Waals surface area contributed by atoms with Crippen LogP contribution in [-0.4, -0.2) is 19.6 Å². The summed E-state index contributed by atoms with van der Waals surface area (Å²) >= 11 is 0. The second-order valence-corrected chi connectivity index (χ2v) is 5.30. The maximum Gasteiger partial charge on any atom is 0.0393 e. The van der Waals surface area contributed by atoms with E-state index < -0.39 is 0 Å². The molecule has 2 heteroatoms. The molecule has 1 aromatic carbocycles. The fourth-order valence-corrected chi connectivity index (χ4v) is 2.50. The topological polar surface area (TPSA) is 15.3 Å².